The van der Waals surface area contributed by atoms with E-state index in [0.29, 0.717) is 0 Å². The summed E-state index contributed by atoms with van der Waals surface area (Å²) in [6.45, 7) is 1.99. The van der Waals surface area contributed by atoms with Crippen molar-refractivity contribution in [1.29, 1.82) is 0 Å². The van der Waals surface area contributed by atoms with E-state index in [4.69, 9.17) is 0 Å². The standard InChI is InChI=1S/C10H14N2O/c1-7-10(13)11-8-5-3-4-6-9(8)12(7)2/h3-7,10-11,13H,1-2H3. The van der Waals surface area contributed by atoms with Crippen molar-refractivity contribution in [3.05, 3.63) is 24.3 Å². The van der Waals surface area contributed by atoms with Crippen molar-refractivity contribution in [1.82, 2.24) is 0 Å². The first-order valence-corrected chi connectivity index (χ1v) is 4.46. The molecule has 2 rings (SSSR count). The van der Waals surface area contributed by atoms with Crippen LogP contribution in [0.15, 0.2) is 24.3 Å². The molecule has 2 unspecified atom stereocenters. The first-order valence-electron chi connectivity index (χ1n) is 4.46. The van der Waals surface area contributed by atoms with E-state index in [0.717, 1.165) is 11.4 Å². The molecular weight excluding hydrogens is 164 g/mol. The Balaban J connectivity index is 2.43. The molecular formula is C10H14N2O. The minimum atomic E-state index is -0.486. The second-order valence-electron chi connectivity index (χ2n) is 3.46. The van der Waals surface area contributed by atoms with Crippen molar-refractivity contribution in [2.75, 3.05) is 17.3 Å². The van der Waals surface area contributed by atoms with Crippen LogP contribution in [-0.2, 0) is 0 Å². The molecule has 0 spiro atoms. The lowest BCUT2D eigenvalue weighted by molar-refractivity contribution is 0.172. The quantitative estimate of drug-likeness (QED) is 0.627. The largest absolute Gasteiger partial charge is 0.372 e. The van der Waals surface area contributed by atoms with Crippen molar-refractivity contribution >= 4 is 11.4 Å². The summed E-state index contributed by atoms with van der Waals surface area (Å²) < 4.78 is 0. The number of nitrogens with zero attached hydrogens (tertiary/aromatic N) is 1. The summed E-state index contributed by atoms with van der Waals surface area (Å²) in [7, 11) is 1.99. The molecule has 0 aromatic heterocycles. The third-order valence-electron chi connectivity index (χ3n) is 2.66. The van der Waals surface area contributed by atoms with E-state index in [-0.39, 0.29) is 6.04 Å². The number of benzene rings is 1. The molecule has 1 heterocycles. The van der Waals surface area contributed by atoms with Crippen LogP contribution in [0.25, 0.3) is 0 Å². The first-order chi connectivity index (χ1) is 6.20. The van der Waals surface area contributed by atoms with E-state index in [1.807, 2.05) is 38.2 Å². The second-order valence-corrected chi connectivity index (χ2v) is 3.46. The van der Waals surface area contributed by atoms with Gasteiger partial charge in [0.25, 0.3) is 0 Å². The molecule has 70 valence electrons. The van der Waals surface area contributed by atoms with Crippen LogP contribution in [0.2, 0.25) is 0 Å². The lowest BCUT2D eigenvalue weighted by atomic mass is 10.1. The number of aliphatic hydroxyl groups excluding tert-OH is 1. The van der Waals surface area contributed by atoms with Crippen molar-refractivity contribution in [3.63, 3.8) is 0 Å². The molecule has 0 saturated heterocycles. The van der Waals surface area contributed by atoms with Crippen LogP contribution in [0.3, 0.4) is 0 Å². The average Bonchev–Trinajstić information content (AvgIpc) is 2.15. The Morgan fingerprint density at radius 2 is 2.08 bits per heavy atom. The van der Waals surface area contributed by atoms with Gasteiger partial charge in [0.15, 0.2) is 0 Å². The van der Waals surface area contributed by atoms with Crippen LogP contribution < -0.4 is 10.2 Å². The monoisotopic (exact) mass is 178 g/mol. The number of para-hydroxylation sites is 2. The highest BCUT2D eigenvalue weighted by Gasteiger charge is 2.26. The smallest absolute Gasteiger partial charge is 0.144 e. The zero-order valence-electron chi connectivity index (χ0n) is 7.86. The molecule has 1 aromatic rings. The number of hydrogen-bond donors (Lipinski definition) is 2. The molecule has 1 aromatic carbocycles. The van der Waals surface area contributed by atoms with Crippen LogP contribution >= 0.6 is 0 Å². The molecule has 3 nitrogen and oxygen atoms in total. The van der Waals surface area contributed by atoms with E-state index >= 15 is 0 Å². The van der Waals surface area contributed by atoms with Crippen LogP contribution in [0.1, 0.15) is 6.92 Å². The Bertz CT molecular complexity index is 314. The first kappa shape index (κ1) is 8.38. The molecule has 2 N–H and O–H groups in total. The molecule has 1 aliphatic heterocycles. The van der Waals surface area contributed by atoms with Crippen molar-refractivity contribution in [3.8, 4) is 0 Å². The summed E-state index contributed by atoms with van der Waals surface area (Å²) in [5, 5.41) is 12.7. The maximum atomic E-state index is 9.64. The summed E-state index contributed by atoms with van der Waals surface area (Å²) in [6, 6.07) is 8.09. The van der Waals surface area contributed by atoms with Gasteiger partial charge in [-0.2, -0.15) is 0 Å². The lowest BCUT2D eigenvalue weighted by Gasteiger charge is -2.38. The number of hydrogen-bond acceptors (Lipinski definition) is 3. The minimum absolute atomic E-state index is 0.106. The summed E-state index contributed by atoms with van der Waals surface area (Å²) in [6.07, 6.45) is -0.486. The number of nitrogens with one attached hydrogen (secondary N) is 1. The number of likely N-dealkylation sites (N-methyl/N-ethyl adjacent to an activating group) is 1. The molecule has 0 saturated carbocycles. The number of rotatable bonds is 0. The van der Waals surface area contributed by atoms with Gasteiger partial charge in [0.1, 0.15) is 6.23 Å². The molecule has 3 heteroatoms. The third kappa shape index (κ3) is 1.25. The molecule has 0 fully saturated rings. The van der Waals surface area contributed by atoms with E-state index in [1.54, 1.807) is 0 Å². The summed E-state index contributed by atoms with van der Waals surface area (Å²) >= 11 is 0. The molecule has 0 radical (unpaired) electrons. The topological polar surface area (TPSA) is 35.5 Å². The van der Waals surface area contributed by atoms with Crippen LogP contribution in [0.5, 0.6) is 0 Å². The fourth-order valence-electron chi connectivity index (χ4n) is 1.61. The number of anilines is 2. The Morgan fingerprint density at radius 1 is 1.38 bits per heavy atom. The Hall–Kier alpha value is -1.22. The average molecular weight is 178 g/mol. The van der Waals surface area contributed by atoms with Crippen LogP contribution in [-0.4, -0.2) is 24.4 Å². The molecule has 0 bridgehead atoms. The Labute approximate surface area is 78.0 Å². The summed E-state index contributed by atoms with van der Waals surface area (Å²) in [4.78, 5) is 2.08. The number of aliphatic hydroxyl groups is 1. The Morgan fingerprint density at radius 3 is 2.85 bits per heavy atom. The third-order valence-corrected chi connectivity index (χ3v) is 2.66. The van der Waals surface area contributed by atoms with Gasteiger partial charge < -0.3 is 15.3 Å². The zero-order valence-corrected chi connectivity index (χ0v) is 7.86. The van der Waals surface area contributed by atoms with E-state index in [1.165, 1.54) is 0 Å². The normalized spacial score (nSPS) is 26.5. The second kappa shape index (κ2) is 2.92. The van der Waals surface area contributed by atoms with Crippen molar-refractivity contribution < 1.29 is 5.11 Å². The van der Waals surface area contributed by atoms with E-state index in [9.17, 15) is 5.11 Å². The SMILES string of the molecule is CC1C(O)Nc2ccccc2N1C. The maximum absolute atomic E-state index is 9.64. The van der Waals surface area contributed by atoms with Gasteiger partial charge in [-0.05, 0) is 19.1 Å². The van der Waals surface area contributed by atoms with Crippen LogP contribution in [0, 0.1) is 0 Å². The fourth-order valence-corrected chi connectivity index (χ4v) is 1.61. The fraction of sp³-hybridized carbons (Fsp3) is 0.400. The van der Waals surface area contributed by atoms with E-state index < -0.39 is 6.23 Å². The van der Waals surface area contributed by atoms with Gasteiger partial charge in [-0.1, -0.05) is 12.1 Å². The predicted octanol–water partition coefficient (Wildman–Crippen LogP) is 1.26. The Kier molecular flexibility index (Phi) is 1.88. The predicted molar refractivity (Wildman–Crippen MR) is 53.9 cm³/mol. The van der Waals surface area contributed by atoms with Crippen LogP contribution in [0.4, 0.5) is 11.4 Å². The van der Waals surface area contributed by atoms with Crippen molar-refractivity contribution in [2.45, 2.75) is 19.2 Å². The lowest BCUT2D eigenvalue weighted by Crippen LogP contribution is -2.47. The van der Waals surface area contributed by atoms with Gasteiger partial charge in [-0.15, -0.1) is 0 Å². The maximum Gasteiger partial charge on any atom is 0.144 e. The van der Waals surface area contributed by atoms with Gasteiger partial charge in [0.05, 0.1) is 17.4 Å². The highest BCUT2D eigenvalue weighted by atomic mass is 16.3. The summed E-state index contributed by atoms with van der Waals surface area (Å²) in [5.74, 6) is 0. The molecule has 0 amide bonds. The van der Waals surface area contributed by atoms with E-state index in [2.05, 4.69) is 10.2 Å². The molecule has 0 aliphatic carbocycles. The van der Waals surface area contributed by atoms with Gasteiger partial charge in [-0.25, -0.2) is 0 Å². The van der Waals surface area contributed by atoms with Gasteiger partial charge in [0, 0.05) is 7.05 Å². The molecule has 2 atom stereocenters. The molecule has 13 heavy (non-hydrogen) atoms. The van der Waals surface area contributed by atoms with Gasteiger partial charge in [0.2, 0.25) is 0 Å². The number of fused-ring (bicyclic) bond motifs is 1. The zero-order chi connectivity index (χ0) is 9.42. The van der Waals surface area contributed by atoms with Crippen molar-refractivity contribution in [2.24, 2.45) is 0 Å². The van der Waals surface area contributed by atoms with Gasteiger partial charge in [-0.3, -0.25) is 0 Å². The minimum Gasteiger partial charge on any atom is -0.372 e. The highest BCUT2D eigenvalue weighted by molar-refractivity contribution is 5.72. The molecule has 1 aliphatic rings. The highest BCUT2D eigenvalue weighted by Crippen LogP contribution is 2.31. The van der Waals surface area contributed by atoms with Gasteiger partial charge >= 0.3 is 0 Å². The summed E-state index contributed by atoms with van der Waals surface area (Å²) in [5.41, 5.74) is 2.14.